The zero-order chi connectivity index (χ0) is 18.9. The molecule has 26 heavy (non-hydrogen) atoms. The predicted molar refractivity (Wildman–Crippen MR) is 92.0 cm³/mol. The van der Waals surface area contributed by atoms with Crippen LogP contribution in [0.3, 0.4) is 0 Å². The summed E-state index contributed by atoms with van der Waals surface area (Å²) < 4.78 is 61.6. The summed E-state index contributed by atoms with van der Waals surface area (Å²) in [6.07, 6.45) is -2.93. The number of nitrogens with zero attached hydrogens (tertiary/aromatic N) is 2. The molecule has 0 spiro atoms. The van der Waals surface area contributed by atoms with Crippen LogP contribution >= 0.6 is 0 Å². The standard InChI is InChI=1S/C17H14F3N3O2S/c1-2-26(24,25)14-7-8-15-11(9-14)10-21-16(23-15)22-13-5-3-12(4-6-13)17(18,19)20/h3-10H,2H2,1H3,(H,21,22,23). The van der Waals surface area contributed by atoms with Gasteiger partial charge in [-0.25, -0.2) is 18.4 Å². The highest BCUT2D eigenvalue weighted by Gasteiger charge is 2.29. The maximum atomic E-state index is 12.6. The molecule has 3 aromatic rings. The first kappa shape index (κ1) is 18.1. The maximum absolute atomic E-state index is 12.6. The van der Waals surface area contributed by atoms with Crippen LogP contribution in [0, 0.1) is 0 Å². The van der Waals surface area contributed by atoms with Gasteiger partial charge in [-0.1, -0.05) is 6.92 Å². The Morgan fingerprint density at radius 3 is 2.38 bits per heavy atom. The molecule has 0 unspecified atom stereocenters. The number of sulfone groups is 1. The molecule has 2 aromatic carbocycles. The van der Waals surface area contributed by atoms with Gasteiger partial charge in [0.25, 0.3) is 0 Å². The van der Waals surface area contributed by atoms with Crippen LogP contribution in [-0.4, -0.2) is 24.1 Å². The summed E-state index contributed by atoms with van der Waals surface area (Å²) in [4.78, 5) is 8.53. The van der Waals surface area contributed by atoms with Crippen molar-refractivity contribution in [3.8, 4) is 0 Å². The monoisotopic (exact) mass is 381 g/mol. The second kappa shape index (κ2) is 6.56. The van der Waals surface area contributed by atoms with Gasteiger partial charge in [-0.3, -0.25) is 0 Å². The van der Waals surface area contributed by atoms with Crippen LogP contribution in [0.2, 0.25) is 0 Å². The molecule has 0 radical (unpaired) electrons. The smallest absolute Gasteiger partial charge is 0.324 e. The molecule has 0 atom stereocenters. The molecular formula is C17H14F3N3O2S. The third-order valence-electron chi connectivity index (χ3n) is 3.76. The second-order valence-corrected chi connectivity index (χ2v) is 7.80. The molecule has 3 rings (SSSR count). The topological polar surface area (TPSA) is 72.0 Å². The van der Waals surface area contributed by atoms with Gasteiger partial charge in [-0.2, -0.15) is 13.2 Å². The molecule has 0 aliphatic heterocycles. The lowest BCUT2D eigenvalue weighted by atomic mass is 10.2. The maximum Gasteiger partial charge on any atom is 0.416 e. The fraction of sp³-hybridized carbons (Fsp3) is 0.176. The van der Waals surface area contributed by atoms with Crippen molar-refractivity contribution in [1.29, 1.82) is 0 Å². The molecule has 9 heteroatoms. The number of hydrogen-bond acceptors (Lipinski definition) is 5. The number of benzene rings is 2. The van der Waals surface area contributed by atoms with Crippen molar-refractivity contribution in [2.45, 2.75) is 18.0 Å². The summed E-state index contributed by atoms with van der Waals surface area (Å²) in [5.41, 5.74) is 0.180. The third-order valence-corrected chi connectivity index (χ3v) is 5.49. The van der Waals surface area contributed by atoms with Crippen LogP contribution in [0.15, 0.2) is 53.6 Å². The fourth-order valence-corrected chi connectivity index (χ4v) is 3.22. The Bertz CT molecular complexity index is 1050. The summed E-state index contributed by atoms with van der Waals surface area (Å²) in [7, 11) is -3.33. The summed E-state index contributed by atoms with van der Waals surface area (Å²) in [6, 6.07) is 9.03. The summed E-state index contributed by atoms with van der Waals surface area (Å²) >= 11 is 0. The SMILES string of the molecule is CCS(=O)(=O)c1ccc2nc(Nc3ccc(C(F)(F)F)cc3)ncc2c1. The molecule has 0 amide bonds. The van der Waals surface area contributed by atoms with Gasteiger partial charge in [0.1, 0.15) is 0 Å². The van der Waals surface area contributed by atoms with Gasteiger partial charge in [0.2, 0.25) is 5.95 Å². The average molecular weight is 381 g/mol. The number of nitrogens with one attached hydrogen (secondary N) is 1. The van der Waals surface area contributed by atoms with Crippen molar-refractivity contribution < 1.29 is 21.6 Å². The lowest BCUT2D eigenvalue weighted by molar-refractivity contribution is -0.137. The van der Waals surface area contributed by atoms with E-state index in [-0.39, 0.29) is 16.6 Å². The van der Waals surface area contributed by atoms with Gasteiger partial charge in [-0.05, 0) is 42.5 Å². The normalized spacial score (nSPS) is 12.3. The molecule has 0 bridgehead atoms. The highest BCUT2D eigenvalue weighted by Crippen LogP contribution is 2.30. The molecule has 0 saturated heterocycles. The molecule has 0 aliphatic rings. The quantitative estimate of drug-likeness (QED) is 0.734. The van der Waals surface area contributed by atoms with E-state index in [0.717, 1.165) is 12.1 Å². The molecule has 1 aromatic heterocycles. The Kier molecular flexibility index (Phi) is 4.57. The van der Waals surface area contributed by atoms with Crippen molar-refractivity contribution in [3.63, 3.8) is 0 Å². The zero-order valence-electron chi connectivity index (χ0n) is 13.6. The predicted octanol–water partition coefficient (Wildman–Crippen LogP) is 4.19. The number of rotatable bonds is 4. The minimum atomic E-state index is -4.39. The van der Waals surface area contributed by atoms with Crippen molar-refractivity contribution in [2.75, 3.05) is 11.1 Å². The van der Waals surface area contributed by atoms with E-state index < -0.39 is 21.6 Å². The highest BCUT2D eigenvalue weighted by atomic mass is 32.2. The van der Waals surface area contributed by atoms with Crippen molar-refractivity contribution >= 4 is 32.4 Å². The van der Waals surface area contributed by atoms with Gasteiger partial charge in [-0.15, -0.1) is 0 Å². The number of aromatic nitrogens is 2. The Hall–Kier alpha value is -2.68. The molecule has 0 aliphatic carbocycles. The van der Waals surface area contributed by atoms with E-state index in [0.29, 0.717) is 16.6 Å². The zero-order valence-corrected chi connectivity index (χ0v) is 14.4. The number of anilines is 2. The largest absolute Gasteiger partial charge is 0.416 e. The van der Waals surface area contributed by atoms with Gasteiger partial charge >= 0.3 is 6.18 Å². The van der Waals surface area contributed by atoms with Crippen LogP contribution in [-0.2, 0) is 16.0 Å². The average Bonchev–Trinajstić information content (AvgIpc) is 2.61. The number of halogens is 3. The van der Waals surface area contributed by atoms with E-state index in [1.54, 1.807) is 13.0 Å². The first-order valence-corrected chi connectivity index (χ1v) is 9.28. The third kappa shape index (κ3) is 3.77. The van der Waals surface area contributed by atoms with Crippen LogP contribution in [0.1, 0.15) is 12.5 Å². The van der Waals surface area contributed by atoms with Crippen molar-refractivity contribution in [1.82, 2.24) is 9.97 Å². The summed E-state index contributed by atoms with van der Waals surface area (Å²) in [6.45, 7) is 1.56. The van der Waals surface area contributed by atoms with E-state index >= 15 is 0 Å². The Morgan fingerprint density at radius 1 is 1.08 bits per heavy atom. The van der Waals surface area contributed by atoms with E-state index in [4.69, 9.17) is 0 Å². The van der Waals surface area contributed by atoms with E-state index in [1.165, 1.54) is 30.5 Å². The second-order valence-electron chi connectivity index (χ2n) is 5.52. The van der Waals surface area contributed by atoms with Gasteiger partial charge in [0.05, 0.1) is 21.7 Å². The summed E-state index contributed by atoms with van der Waals surface area (Å²) in [5.74, 6) is 0.191. The Labute approximate surface area is 147 Å². The number of fused-ring (bicyclic) bond motifs is 1. The minimum absolute atomic E-state index is 0.00702. The molecule has 1 N–H and O–H groups in total. The van der Waals surface area contributed by atoms with Crippen molar-refractivity contribution in [3.05, 3.63) is 54.2 Å². The van der Waals surface area contributed by atoms with Gasteiger partial charge in [0.15, 0.2) is 9.84 Å². The summed E-state index contributed by atoms with van der Waals surface area (Å²) in [5, 5.41) is 3.38. The Balaban J connectivity index is 1.87. The highest BCUT2D eigenvalue weighted by molar-refractivity contribution is 7.91. The number of hydrogen-bond donors (Lipinski definition) is 1. The molecular weight excluding hydrogens is 367 g/mol. The van der Waals surface area contributed by atoms with Gasteiger partial charge in [0, 0.05) is 17.3 Å². The lowest BCUT2D eigenvalue weighted by Gasteiger charge is -2.09. The van der Waals surface area contributed by atoms with E-state index in [1.807, 2.05) is 0 Å². The van der Waals surface area contributed by atoms with Crippen LogP contribution < -0.4 is 5.32 Å². The van der Waals surface area contributed by atoms with E-state index in [2.05, 4.69) is 15.3 Å². The first-order chi connectivity index (χ1) is 12.2. The minimum Gasteiger partial charge on any atom is -0.324 e. The fourth-order valence-electron chi connectivity index (χ4n) is 2.30. The first-order valence-electron chi connectivity index (χ1n) is 7.63. The molecule has 136 valence electrons. The van der Waals surface area contributed by atoms with E-state index in [9.17, 15) is 21.6 Å². The van der Waals surface area contributed by atoms with Crippen LogP contribution in [0.25, 0.3) is 10.9 Å². The molecule has 1 heterocycles. The Morgan fingerprint density at radius 2 is 1.77 bits per heavy atom. The molecule has 5 nitrogen and oxygen atoms in total. The van der Waals surface area contributed by atoms with Crippen molar-refractivity contribution in [2.24, 2.45) is 0 Å². The van der Waals surface area contributed by atoms with Crippen LogP contribution in [0.4, 0.5) is 24.8 Å². The van der Waals surface area contributed by atoms with Crippen LogP contribution in [0.5, 0.6) is 0 Å². The molecule has 0 fully saturated rings. The number of alkyl halides is 3. The lowest BCUT2D eigenvalue weighted by Crippen LogP contribution is -2.05. The molecule has 0 saturated carbocycles. The van der Waals surface area contributed by atoms with Gasteiger partial charge < -0.3 is 5.32 Å².